The number of carbonyl (C=O) groups is 1. The first-order valence-corrected chi connectivity index (χ1v) is 5.86. The third-order valence-corrected chi connectivity index (χ3v) is 2.93. The lowest BCUT2D eigenvalue weighted by Crippen LogP contribution is -2.35. The third kappa shape index (κ3) is 3.01. The number of thiocarbonyl (C=S) groups is 1. The second-order valence-corrected chi connectivity index (χ2v) is 4.42. The topological polar surface area (TPSA) is 64.4 Å². The molecule has 0 radical (unpaired) electrons. The SMILES string of the molecule is NC(=S)c1ccc(C(=O)NC2CCOC2)cc1. The van der Waals surface area contributed by atoms with Crippen molar-refractivity contribution in [2.45, 2.75) is 12.5 Å². The van der Waals surface area contributed by atoms with Gasteiger partial charge in [-0.15, -0.1) is 0 Å². The molecule has 1 fully saturated rings. The summed E-state index contributed by atoms with van der Waals surface area (Å²) in [6.45, 7) is 1.31. The molecular weight excluding hydrogens is 236 g/mol. The molecule has 5 heteroatoms. The van der Waals surface area contributed by atoms with Crippen LogP contribution in [0.2, 0.25) is 0 Å². The fourth-order valence-corrected chi connectivity index (χ4v) is 1.84. The number of amides is 1. The van der Waals surface area contributed by atoms with Crippen molar-refractivity contribution in [2.75, 3.05) is 13.2 Å². The van der Waals surface area contributed by atoms with Gasteiger partial charge in [0.05, 0.1) is 12.6 Å². The van der Waals surface area contributed by atoms with Gasteiger partial charge in [0.15, 0.2) is 0 Å². The van der Waals surface area contributed by atoms with Gasteiger partial charge in [0.25, 0.3) is 5.91 Å². The number of nitrogens with two attached hydrogens (primary N) is 1. The zero-order valence-electron chi connectivity index (χ0n) is 9.31. The summed E-state index contributed by atoms with van der Waals surface area (Å²) in [6, 6.07) is 7.07. The first-order valence-electron chi connectivity index (χ1n) is 5.45. The van der Waals surface area contributed by atoms with Gasteiger partial charge in [-0.05, 0) is 18.6 Å². The number of hydrogen-bond acceptors (Lipinski definition) is 3. The van der Waals surface area contributed by atoms with Crippen LogP contribution in [-0.4, -0.2) is 30.2 Å². The maximum Gasteiger partial charge on any atom is 0.251 e. The van der Waals surface area contributed by atoms with Crippen molar-refractivity contribution >= 4 is 23.1 Å². The number of nitrogens with one attached hydrogen (secondary N) is 1. The van der Waals surface area contributed by atoms with E-state index >= 15 is 0 Å². The molecule has 0 aliphatic carbocycles. The van der Waals surface area contributed by atoms with Crippen LogP contribution in [0.15, 0.2) is 24.3 Å². The van der Waals surface area contributed by atoms with Gasteiger partial charge < -0.3 is 15.8 Å². The van der Waals surface area contributed by atoms with Crippen LogP contribution in [0.4, 0.5) is 0 Å². The van der Waals surface area contributed by atoms with E-state index in [1.54, 1.807) is 24.3 Å². The van der Waals surface area contributed by atoms with Gasteiger partial charge in [0.1, 0.15) is 4.99 Å². The molecule has 1 aromatic carbocycles. The minimum absolute atomic E-state index is 0.0880. The van der Waals surface area contributed by atoms with Crippen molar-refractivity contribution < 1.29 is 9.53 Å². The minimum Gasteiger partial charge on any atom is -0.389 e. The first-order chi connectivity index (χ1) is 8.16. The first kappa shape index (κ1) is 12.0. The van der Waals surface area contributed by atoms with Crippen LogP contribution in [0.3, 0.4) is 0 Å². The van der Waals surface area contributed by atoms with E-state index in [-0.39, 0.29) is 11.9 Å². The van der Waals surface area contributed by atoms with Crippen molar-refractivity contribution in [1.29, 1.82) is 0 Å². The number of carbonyl (C=O) groups excluding carboxylic acids is 1. The smallest absolute Gasteiger partial charge is 0.251 e. The lowest BCUT2D eigenvalue weighted by atomic mass is 10.1. The Morgan fingerprint density at radius 1 is 1.35 bits per heavy atom. The molecule has 1 atom stereocenters. The zero-order valence-corrected chi connectivity index (χ0v) is 10.1. The van der Waals surface area contributed by atoms with E-state index in [1.807, 2.05) is 0 Å². The molecule has 4 nitrogen and oxygen atoms in total. The van der Waals surface area contributed by atoms with E-state index in [0.29, 0.717) is 23.8 Å². The molecule has 1 amide bonds. The molecule has 2 rings (SSSR count). The number of rotatable bonds is 3. The molecule has 0 saturated carbocycles. The molecule has 1 aliphatic rings. The maximum absolute atomic E-state index is 11.9. The summed E-state index contributed by atoms with van der Waals surface area (Å²) >= 11 is 4.85. The predicted octanol–water partition coefficient (Wildman–Crippen LogP) is 0.839. The fourth-order valence-electron chi connectivity index (χ4n) is 1.70. The maximum atomic E-state index is 11.9. The van der Waals surface area contributed by atoms with Crippen LogP contribution in [0.25, 0.3) is 0 Å². The number of benzene rings is 1. The molecule has 1 aromatic rings. The molecule has 1 saturated heterocycles. The lowest BCUT2D eigenvalue weighted by Gasteiger charge is -2.10. The van der Waals surface area contributed by atoms with Crippen LogP contribution in [0, 0.1) is 0 Å². The molecule has 3 N–H and O–H groups in total. The van der Waals surface area contributed by atoms with Crippen molar-refractivity contribution in [3.8, 4) is 0 Å². The Kier molecular flexibility index (Phi) is 3.71. The van der Waals surface area contributed by atoms with E-state index in [9.17, 15) is 4.79 Å². The lowest BCUT2D eigenvalue weighted by molar-refractivity contribution is 0.0930. The van der Waals surface area contributed by atoms with Gasteiger partial charge in [0.2, 0.25) is 0 Å². The molecule has 17 heavy (non-hydrogen) atoms. The summed E-state index contributed by atoms with van der Waals surface area (Å²) in [6.07, 6.45) is 0.872. The van der Waals surface area contributed by atoms with Gasteiger partial charge in [-0.3, -0.25) is 4.79 Å². The van der Waals surface area contributed by atoms with Gasteiger partial charge in [0, 0.05) is 17.7 Å². The molecule has 1 heterocycles. The molecule has 1 aliphatic heterocycles. The number of hydrogen-bond donors (Lipinski definition) is 2. The van der Waals surface area contributed by atoms with Gasteiger partial charge in [-0.1, -0.05) is 24.4 Å². The quantitative estimate of drug-likeness (QED) is 0.780. The van der Waals surface area contributed by atoms with E-state index in [4.69, 9.17) is 22.7 Å². The standard InChI is InChI=1S/C12H14N2O2S/c13-11(17)8-1-3-9(4-2-8)12(15)14-10-5-6-16-7-10/h1-4,10H,5-7H2,(H2,13,17)(H,14,15). The van der Waals surface area contributed by atoms with E-state index in [2.05, 4.69) is 5.32 Å². The van der Waals surface area contributed by atoms with Gasteiger partial charge >= 0.3 is 0 Å². The summed E-state index contributed by atoms with van der Waals surface area (Å²) < 4.78 is 5.20. The molecule has 0 aromatic heterocycles. The fraction of sp³-hybridized carbons (Fsp3) is 0.333. The molecule has 0 spiro atoms. The zero-order chi connectivity index (χ0) is 12.3. The third-order valence-electron chi connectivity index (χ3n) is 2.70. The Morgan fingerprint density at radius 2 is 2.00 bits per heavy atom. The molecule has 1 unspecified atom stereocenters. The van der Waals surface area contributed by atoms with Crippen molar-refractivity contribution in [1.82, 2.24) is 5.32 Å². The Balaban J connectivity index is 2.01. The summed E-state index contributed by atoms with van der Waals surface area (Å²) in [5.41, 5.74) is 6.86. The highest BCUT2D eigenvalue weighted by atomic mass is 32.1. The second kappa shape index (κ2) is 5.25. The highest BCUT2D eigenvalue weighted by Crippen LogP contribution is 2.07. The Labute approximate surface area is 105 Å². The normalized spacial score (nSPS) is 18.9. The van der Waals surface area contributed by atoms with Crippen molar-refractivity contribution in [2.24, 2.45) is 5.73 Å². The van der Waals surface area contributed by atoms with Crippen LogP contribution in [0.1, 0.15) is 22.3 Å². The largest absolute Gasteiger partial charge is 0.389 e. The van der Waals surface area contributed by atoms with E-state index in [0.717, 1.165) is 12.0 Å². The highest BCUT2D eigenvalue weighted by Gasteiger charge is 2.18. The van der Waals surface area contributed by atoms with Crippen LogP contribution in [-0.2, 0) is 4.74 Å². The molecule has 0 bridgehead atoms. The average molecular weight is 250 g/mol. The van der Waals surface area contributed by atoms with Crippen LogP contribution in [0.5, 0.6) is 0 Å². The van der Waals surface area contributed by atoms with E-state index in [1.165, 1.54) is 0 Å². The van der Waals surface area contributed by atoms with Gasteiger partial charge in [-0.25, -0.2) is 0 Å². The summed E-state index contributed by atoms with van der Waals surface area (Å²) in [5, 5.41) is 2.92. The minimum atomic E-state index is -0.0880. The monoisotopic (exact) mass is 250 g/mol. The Morgan fingerprint density at radius 3 is 2.53 bits per heavy atom. The van der Waals surface area contributed by atoms with E-state index < -0.39 is 0 Å². The van der Waals surface area contributed by atoms with Crippen LogP contribution >= 0.6 is 12.2 Å². The molecular formula is C12H14N2O2S. The second-order valence-electron chi connectivity index (χ2n) is 3.98. The van der Waals surface area contributed by atoms with Crippen molar-refractivity contribution in [3.63, 3.8) is 0 Å². The van der Waals surface area contributed by atoms with Crippen LogP contribution < -0.4 is 11.1 Å². The van der Waals surface area contributed by atoms with Crippen molar-refractivity contribution in [3.05, 3.63) is 35.4 Å². The molecule has 90 valence electrons. The summed E-state index contributed by atoms with van der Waals surface area (Å²) in [5.74, 6) is -0.0880. The predicted molar refractivity (Wildman–Crippen MR) is 69.0 cm³/mol. The highest BCUT2D eigenvalue weighted by molar-refractivity contribution is 7.80. The summed E-state index contributed by atoms with van der Waals surface area (Å²) in [4.78, 5) is 12.2. The average Bonchev–Trinajstić information content (AvgIpc) is 2.82. The number of ether oxygens (including phenoxy) is 1. The van der Waals surface area contributed by atoms with Gasteiger partial charge in [-0.2, -0.15) is 0 Å². The Bertz CT molecular complexity index is 425. The Hall–Kier alpha value is -1.46. The summed E-state index contributed by atoms with van der Waals surface area (Å²) in [7, 11) is 0.